The van der Waals surface area contributed by atoms with Crippen LogP contribution in [0.2, 0.25) is 5.02 Å². The summed E-state index contributed by atoms with van der Waals surface area (Å²) in [5, 5.41) is 14.1. The molecule has 0 unspecified atom stereocenters. The van der Waals surface area contributed by atoms with Crippen molar-refractivity contribution in [3.8, 4) is 0 Å². The molecule has 1 fully saturated rings. The third-order valence-corrected chi connectivity index (χ3v) is 3.13. The molecule has 2 rings (SSSR count). The van der Waals surface area contributed by atoms with Crippen molar-refractivity contribution in [1.82, 2.24) is 10.2 Å². The van der Waals surface area contributed by atoms with E-state index < -0.39 is 4.92 Å². The first-order valence-electron chi connectivity index (χ1n) is 5.53. The van der Waals surface area contributed by atoms with E-state index >= 15 is 0 Å². The molecule has 1 aromatic rings. The van der Waals surface area contributed by atoms with Crippen molar-refractivity contribution < 1.29 is 4.92 Å². The highest BCUT2D eigenvalue weighted by atomic mass is 35.5. The van der Waals surface area contributed by atoms with Gasteiger partial charge in [-0.2, -0.15) is 0 Å². The SMILES string of the molecule is O=[N+]([O-])c1ccc(CN2CCNCC2)cc1Cl. The number of hydrogen-bond acceptors (Lipinski definition) is 4. The van der Waals surface area contributed by atoms with Crippen LogP contribution in [0, 0.1) is 10.1 Å². The van der Waals surface area contributed by atoms with Gasteiger partial charge in [0.1, 0.15) is 5.02 Å². The predicted molar refractivity (Wildman–Crippen MR) is 66.3 cm³/mol. The molecule has 1 heterocycles. The Morgan fingerprint density at radius 3 is 2.71 bits per heavy atom. The molecule has 92 valence electrons. The maximum atomic E-state index is 10.6. The normalized spacial score (nSPS) is 17.0. The third-order valence-electron chi connectivity index (χ3n) is 2.82. The minimum Gasteiger partial charge on any atom is -0.314 e. The highest BCUT2D eigenvalue weighted by Crippen LogP contribution is 2.25. The molecule has 0 aromatic heterocycles. The Bertz CT molecular complexity index is 419. The van der Waals surface area contributed by atoms with Crippen LogP contribution in [0.25, 0.3) is 0 Å². The molecule has 1 saturated heterocycles. The number of nitrogens with zero attached hydrogens (tertiary/aromatic N) is 2. The lowest BCUT2D eigenvalue weighted by Gasteiger charge is -2.27. The smallest absolute Gasteiger partial charge is 0.287 e. The first kappa shape index (κ1) is 12.3. The first-order valence-corrected chi connectivity index (χ1v) is 5.90. The van der Waals surface area contributed by atoms with Crippen LogP contribution in [0.4, 0.5) is 5.69 Å². The maximum Gasteiger partial charge on any atom is 0.287 e. The first-order chi connectivity index (χ1) is 8.16. The van der Waals surface area contributed by atoms with Crippen LogP contribution in [0.1, 0.15) is 5.56 Å². The Balaban J connectivity index is 2.06. The Morgan fingerprint density at radius 1 is 1.41 bits per heavy atom. The van der Waals surface area contributed by atoms with Gasteiger partial charge in [-0.1, -0.05) is 17.7 Å². The summed E-state index contributed by atoms with van der Waals surface area (Å²) in [6, 6.07) is 4.92. The average Bonchev–Trinajstić information content (AvgIpc) is 2.30. The zero-order chi connectivity index (χ0) is 12.3. The Morgan fingerprint density at radius 2 is 2.12 bits per heavy atom. The Hall–Kier alpha value is -1.17. The summed E-state index contributed by atoms with van der Waals surface area (Å²) in [7, 11) is 0. The number of benzene rings is 1. The minimum absolute atomic E-state index is 0.0317. The third kappa shape index (κ3) is 3.15. The van der Waals surface area contributed by atoms with Gasteiger partial charge >= 0.3 is 0 Å². The van der Waals surface area contributed by atoms with Crippen LogP contribution in [-0.4, -0.2) is 36.0 Å². The van der Waals surface area contributed by atoms with Gasteiger partial charge in [0.15, 0.2) is 0 Å². The number of rotatable bonds is 3. The van der Waals surface area contributed by atoms with Gasteiger partial charge in [-0.25, -0.2) is 0 Å². The van der Waals surface area contributed by atoms with Crippen LogP contribution < -0.4 is 5.32 Å². The molecule has 1 N–H and O–H groups in total. The molecule has 0 saturated carbocycles. The average molecular weight is 256 g/mol. The van der Waals surface area contributed by atoms with Crippen LogP contribution in [0.5, 0.6) is 0 Å². The van der Waals surface area contributed by atoms with Gasteiger partial charge in [0.05, 0.1) is 4.92 Å². The van der Waals surface area contributed by atoms with Crippen molar-refractivity contribution in [2.24, 2.45) is 0 Å². The van der Waals surface area contributed by atoms with Gasteiger partial charge in [0, 0.05) is 38.8 Å². The van der Waals surface area contributed by atoms with E-state index in [0.29, 0.717) is 0 Å². The molecule has 0 atom stereocenters. The zero-order valence-electron chi connectivity index (χ0n) is 9.36. The summed E-state index contributed by atoms with van der Waals surface area (Å²) in [6.45, 7) is 4.75. The van der Waals surface area contributed by atoms with Crippen molar-refractivity contribution in [2.45, 2.75) is 6.54 Å². The number of halogens is 1. The van der Waals surface area contributed by atoms with Crippen LogP contribution in [0.15, 0.2) is 18.2 Å². The lowest BCUT2D eigenvalue weighted by atomic mass is 10.2. The van der Waals surface area contributed by atoms with Crippen LogP contribution in [-0.2, 0) is 6.54 Å². The zero-order valence-corrected chi connectivity index (χ0v) is 10.1. The summed E-state index contributed by atoms with van der Waals surface area (Å²) < 4.78 is 0. The van der Waals surface area contributed by atoms with Gasteiger partial charge in [-0.3, -0.25) is 15.0 Å². The second-order valence-electron chi connectivity index (χ2n) is 4.07. The second kappa shape index (κ2) is 5.44. The minimum atomic E-state index is -0.461. The number of nitrogens with one attached hydrogen (secondary N) is 1. The van der Waals surface area contributed by atoms with E-state index in [2.05, 4.69) is 10.2 Å². The fraction of sp³-hybridized carbons (Fsp3) is 0.455. The van der Waals surface area contributed by atoms with Gasteiger partial charge in [-0.15, -0.1) is 0 Å². The number of nitro groups is 1. The summed E-state index contributed by atoms with van der Waals surface area (Å²) in [4.78, 5) is 12.5. The van der Waals surface area contributed by atoms with E-state index in [1.165, 1.54) is 6.07 Å². The quantitative estimate of drug-likeness (QED) is 0.659. The van der Waals surface area contributed by atoms with Crippen LogP contribution >= 0.6 is 11.6 Å². The summed E-state index contributed by atoms with van der Waals surface area (Å²) >= 11 is 5.87. The standard InChI is InChI=1S/C11H14ClN3O2/c12-10-7-9(1-2-11(10)15(16)17)8-14-5-3-13-4-6-14/h1-2,7,13H,3-6,8H2. The lowest BCUT2D eigenvalue weighted by molar-refractivity contribution is -0.384. The van der Waals surface area contributed by atoms with E-state index in [4.69, 9.17) is 11.6 Å². The molecule has 6 heteroatoms. The topological polar surface area (TPSA) is 58.4 Å². The van der Waals surface area contributed by atoms with Crippen molar-refractivity contribution >= 4 is 17.3 Å². The molecule has 0 bridgehead atoms. The molecule has 17 heavy (non-hydrogen) atoms. The van der Waals surface area contributed by atoms with E-state index in [1.54, 1.807) is 12.1 Å². The monoisotopic (exact) mass is 255 g/mol. The van der Waals surface area contributed by atoms with E-state index in [1.807, 2.05) is 0 Å². The van der Waals surface area contributed by atoms with Crippen molar-refractivity contribution in [1.29, 1.82) is 0 Å². The summed E-state index contributed by atoms with van der Waals surface area (Å²) in [5.41, 5.74) is 0.984. The van der Waals surface area contributed by atoms with Crippen molar-refractivity contribution in [2.75, 3.05) is 26.2 Å². The Labute approximate surface area is 105 Å². The predicted octanol–water partition coefficient (Wildman–Crippen LogP) is 1.65. The van der Waals surface area contributed by atoms with Crippen LogP contribution in [0.3, 0.4) is 0 Å². The van der Waals surface area contributed by atoms with Crippen molar-refractivity contribution in [3.63, 3.8) is 0 Å². The van der Waals surface area contributed by atoms with Crippen molar-refractivity contribution in [3.05, 3.63) is 38.9 Å². The molecule has 0 aliphatic carbocycles. The van der Waals surface area contributed by atoms with E-state index in [-0.39, 0.29) is 10.7 Å². The lowest BCUT2D eigenvalue weighted by Crippen LogP contribution is -2.42. The molecule has 1 aliphatic rings. The van der Waals surface area contributed by atoms with Gasteiger partial charge in [-0.05, 0) is 11.6 Å². The number of nitro benzene ring substituents is 1. The molecular weight excluding hydrogens is 242 g/mol. The summed E-state index contributed by atoms with van der Waals surface area (Å²) in [5.74, 6) is 0. The van der Waals surface area contributed by atoms with Gasteiger partial charge in [0.25, 0.3) is 5.69 Å². The van der Waals surface area contributed by atoms with E-state index in [0.717, 1.165) is 38.3 Å². The second-order valence-corrected chi connectivity index (χ2v) is 4.48. The highest BCUT2D eigenvalue weighted by Gasteiger charge is 2.14. The number of piperazine rings is 1. The largest absolute Gasteiger partial charge is 0.314 e. The molecule has 5 nitrogen and oxygen atoms in total. The van der Waals surface area contributed by atoms with Gasteiger partial charge in [0.2, 0.25) is 0 Å². The molecular formula is C11H14ClN3O2. The summed E-state index contributed by atoms with van der Waals surface area (Å²) in [6.07, 6.45) is 0. The molecule has 1 aliphatic heterocycles. The molecule has 0 radical (unpaired) electrons. The fourth-order valence-corrected chi connectivity index (χ4v) is 2.20. The molecule has 0 spiro atoms. The Kier molecular flexibility index (Phi) is 3.93. The number of hydrogen-bond donors (Lipinski definition) is 1. The maximum absolute atomic E-state index is 10.6. The fourth-order valence-electron chi connectivity index (χ4n) is 1.92. The molecule has 1 aromatic carbocycles. The van der Waals surface area contributed by atoms with Gasteiger partial charge < -0.3 is 5.32 Å². The van der Waals surface area contributed by atoms with E-state index in [9.17, 15) is 10.1 Å². The molecule has 0 amide bonds. The highest BCUT2D eigenvalue weighted by molar-refractivity contribution is 6.32.